The molecule has 0 fully saturated rings. The topological polar surface area (TPSA) is 0 Å². The Morgan fingerprint density at radius 1 is 0.525 bits per heavy atom. The first kappa shape index (κ1) is 30.0. The summed E-state index contributed by atoms with van der Waals surface area (Å²) in [4.78, 5) is 0. The van der Waals surface area contributed by atoms with E-state index in [0.29, 0.717) is 5.92 Å². The maximum Gasteiger partial charge on any atom is 2.00 e. The van der Waals surface area contributed by atoms with Crippen LogP contribution in [0.25, 0.3) is 33.4 Å². The third-order valence-corrected chi connectivity index (χ3v) is 7.94. The van der Waals surface area contributed by atoms with E-state index >= 15 is 0 Å². The molecule has 0 saturated heterocycles. The number of hydrogen-bond acceptors (Lipinski definition) is 0. The molecule has 1 unspecified atom stereocenters. The summed E-state index contributed by atoms with van der Waals surface area (Å²) in [5.74, 6) is 0.587. The van der Waals surface area contributed by atoms with Crippen molar-refractivity contribution in [3.63, 3.8) is 0 Å². The smallest absolute Gasteiger partial charge is 1.00 e. The third kappa shape index (κ3) is 5.49. The molecule has 0 nitrogen and oxygen atoms in total. The van der Waals surface area contributed by atoms with Crippen LogP contribution in [-0.2, 0) is 32.6 Å². The van der Waals surface area contributed by atoms with Crippen LogP contribution in [0, 0.1) is 5.92 Å². The molecule has 0 aliphatic heterocycles. The second-order valence-corrected chi connectivity index (χ2v) is 10.1. The Labute approximate surface area is 268 Å². The number of hydrogen-bond donors (Lipinski definition) is 0. The van der Waals surface area contributed by atoms with E-state index in [0.717, 1.165) is 6.42 Å². The molecule has 3 heteroatoms. The minimum absolute atomic E-state index is 0. The van der Waals surface area contributed by atoms with Crippen molar-refractivity contribution in [2.45, 2.75) is 12.3 Å². The molecule has 40 heavy (non-hydrogen) atoms. The second kappa shape index (κ2) is 13.1. The van der Waals surface area contributed by atoms with E-state index in [9.17, 15) is 0 Å². The standard InChI is InChI=1S/C37H28.2ClH.Zr/c1-4-12-26(13-5-1)30-20-21-32-31(24-30)25-35-34(32)23-22-33(27-14-6-2-7-15-27)37(35)36(29-18-10-11-19-29)28-16-8-3-9-17-28;;;/h1-24,29,36H,25H2;2*1H;/q;;;+2/p-2. The fourth-order valence-corrected chi connectivity index (χ4v) is 6.25. The van der Waals surface area contributed by atoms with Gasteiger partial charge in [0.2, 0.25) is 0 Å². The number of allylic oxidation sites excluding steroid dienone is 4. The van der Waals surface area contributed by atoms with Gasteiger partial charge in [0.15, 0.2) is 0 Å². The molecule has 2 aliphatic rings. The average molecular weight is 635 g/mol. The predicted octanol–water partition coefficient (Wildman–Crippen LogP) is 3.47. The molecule has 0 spiro atoms. The van der Waals surface area contributed by atoms with Crippen molar-refractivity contribution >= 4 is 0 Å². The first-order valence-electron chi connectivity index (χ1n) is 13.2. The van der Waals surface area contributed by atoms with Crippen molar-refractivity contribution < 1.29 is 51.0 Å². The summed E-state index contributed by atoms with van der Waals surface area (Å²) in [5, 5.41) is 0. The Bertz CT molecular complexity index is 1630. The molecule has 0 amide bonds. The van der Waals surface area contributed by atoms with Crippen LogP contribution in [0.15, 0.2) is 146 Å². The van der Waals surface area contributed by atoms with Crippen LogP contribution in [0.1, 0.15) is 28.2 Å². The molecular weight excluding hydrogens is 607 g/mol. The van der Waals surface area contributed by atoms with Gasteiger partial charge in [0, 0.05) is 11.8 Å². The first-order valence-corrected chi connectivity index (χ1v) is 13.2. The van der Waals surface area contributed by atoms with Gasteiger partial charge in [0.05, 0.1) is 0 Å². The van der Waals surface area contributed by atoms with E-state index in [1.807, 2.05) is 0 Å². The van der Waals surface area contributed by atoms with Gasteiger partial charge in [0.1, 0.15) is 0 Å². The van der Waals surface area contributed by atoms with Crippen LogP contribution in [0.2, 0.25) is 0 Å². The zero-order valence-corrected chi connectivity index (χ0v) is 25.9. The minimum Gasteiger partial charge on any atom is -1.00 e. The third-order valence-electron chi connectivity index (χ3n) is 7.94. The van der Waals surface area contributed by atoms with Crippen LogP contribution in [0.4, 0.5) is 0 Å². The van der Waals surface area contributed by atoms with Crippen molar-refractivity contribution in [2.24, 2.45) is 5.92 Å². The number of benzene rings is 5. The minimum atomic E-state index is 0. The normalized spacial score (nSPS) is 13.4. The Balaban J connectivity index is 0.00000123. The maximum absolute atomic E-state index is 2.41. The Morgan fingerprint density at radius 3 is 1.73 bits per heavy atom. The summed E-state index contributed by atoms with van der Waals surface area (Å²) >= 11 is 0. The predicted molar refractivity (Wildman–Crippen MR) is 156 cm³/mol. The second-order valence-electron chi connectivity index (χ2n) is 10.1. The molecule has 5 aromatic rings. The molecule has 0 radical (unpaired) electrons. The zero-order valence-electron chi connectivity index (χ0n) is 22.0. The molecule has 0 saturated carbocycles. The molecule has 0 N–H and O–H groups in total. The zero-order chi connectivity index (χ0) is 24.6. The largest absolute Gasteiger partial charge is 2.00 e. The summed E-state index contributed by atoms with van der Waals surface area (Å²) in [6.07, 6.45) is 10.1. The molecule has 0 aromatic heterocycles. The van der Waals surface area contributed by atoms with Crippen molar-refractivity contribution in [1.82, 2.24) is 0 Å². The van der Waals surface area contributed by atoms with Gasteiger partial charge in [-0.15, -0.1) is 0 Å². The fourth-order valence-electron chi connectivity index (χ4n) is 6.25. The van der Waals surface area contributed by atoms with Gasteiger partial charge in [-0.05, 0) is 62.1 Å². The van der Waals surface area contributed by atoms with E-state index in [1.54, 1.807) is 0 Å². The van der Waals surface area contributed by atoms with Crippen molar-refractivity contribution in [1.29, 1.82) is 0 Å². The SMILES string of the molecule is C1=CC(C(c2ccccc2)c2c(-c3ccccc3)ccc3c2Cc2cc(-c4ccccc4)ccc2-3)C=C1.[Cl-].[Cl-].[Zr+2]. The van der Waals surface area contributed by atoms with E-state index in [2.05, 4.69) is 146 Å². The van der Waals surface area contributed by atoms with E-state index < -0.39 is 0 Å². The van der Waals surface area contributed by atoms with Crippen LogP contribution >= 0.6 is 0 Å². The Kier molecular flexibility index (Phi) is 9.86. The average Bonchev–Trinajstić information content (AvgIpc) is 3.63. The number of fused-ring (bicyclic) bond motifs is 3. The van der Waals surface area contributed by atoms with Gasteiger partial charge >= 0.3 is 26.2 Å². The molecule has 5 aromatic carbocycles. The maximum atomic E-state index is 2.41. The molecule has 0 heterocycles. The molecular formula is C37H28Cl2Zr. The van der Waals surface area contributed by atoms with Crippen molar-refractivity contribution in [3.05, 3.63) is 168 Å². The van der Waals surface area contributed by atoms with Crippen LogP contribution in [0.3, 0.4) is 0 Å². The molecule has 7 rings (SSSR count). The molecule has 0 bridgehead atoms. The molecule has 2 aliphatic carbocycles. The Morgan fingerprint density at radius 2 is 1.07 bits per heavy atom. The van der Waals surface area contributed by atoms with Gasteiger partial charge < -0.3 is 24.8 Å². The quantitative estimate of drug-likeness (QED) is 0.273. The summed E-state index contributed by atoms with van der Waals surface area (Å²) in [5.41, 5.74) is 13.7. The van der Waals surface area contributed by atoms with Crippen molar-refractivity contribution in [2.75, 3.05) is 0 Å². The number of rotatable bonds is 5. The van der Waals surface area contributed by atoms with Gasteiger partial charge in [-0.25, -0.2) is 0 Å². The summed E-state index contributed by atoms with van der Waals surface area (Å²) in [7, 11) is 0. The van der Waals surface area contributed by atoms with Crippen LogP contribution in [0.5, 0.6) is 0 Å². The van der Waals surface area contributed by atoms with Crippen LogP contribution in [-0.4, -0.2) is 0 Å². The summed E-state index contributed by atoms with van der Waals surface area (Å²) in [6, 6.07) is 44.5. The van der Waals surface area contributed by atoms with Crippen molar-refractivity contribution in [3.8, 4) is 33.4 Å². The van der Waals surface area contributed by atoms with E-state index in [4.69, 9.17) is 0 Å². The van der Waals surface area contributed by atoms with Gasteiger partial charge in [-0.3, -0.25) is 0 Å². The summed E-state index contributed by atoms with van der Waals surface area (Å²) in [6.45, 7) is 0. The number of halogens is 2. The van der Waals surface area contributed by atoms with E-state index in [1.165, 1.54) is 55.6 Å². The first-order chi connectivity index (χ1) is 18.4. The Hall–Kier alpha value is -2.96. The van der Waals surface area contributed by atoms with Gasteiger partial charge in [-0.1, -0.05) is 146 Å². The van der Waals surface area contributed by atoms with Crippen LogP contribution < -0.4 is 24.8 Å². The molecule has 194 valence electrons. The molecule has 1 atom stereocenters. The fraction of sp³-hybridized carbons (Fsp3) is 0.0811. The monoisotopic (exact) mass is 632 g/mol. The summed E-state index contributed by atoms with van der Waals surface area (Å²) < 4.78 is 0. The van der Waals surface area contributed by atoms with Gasteiger partial charge in [-0.2, -0.15) is 0 Å². The van der Waals surface area contributed by atoms with Gasteiger partial charge in [0.25, 0.3) is 0 Å². The van der Waals surface area contributed by atoms with E-state index in [-0.39, 0.29) is 56.9 Å².